The highest BCUT2D eigenvalue weighted by molar-refractivity contribution is 5.80. The fourth-order valence-electron chi connectivity index (χ4n) is 2.71. The molecule has 182 valence electrons. The van der Waals surface area contributed by atoms with E-state index in [1.165, 1.54) is 0 Å². The molecule has 1 aliphatic rings. The molecule has 32 heavy (non-hydrogen) atoms. The van der Waals surface area contributed by atoms with Crippen LogP contribution in [0.2, 0.25) is 0 Å². The van der Waals surface area contributed by atoms with Gasteiger partial charge in [0.05, 0.1) is 13.7 Å². The van der Waals surface area contributed by atoms with Crippen molar-refractivity contribution in [2.75, 3.05) is 40.5 Å². The highest BCUT2D eigenvalue weighted by Gasteiger charge is 2.31. The first-order valence-corrected chi connectivity index (χ1v) is 10.4. The zero-order valence-corrected chi connectivity index (χ0v) is 20.0. The Hall–Kier alpha value is -2.81. The number of carbonyl (C=O) groups excluding carboxylic acids is 2. The van der Waals surface area contributed by atoms with E-state index < -0.39 is 5.60 Å². The van der Waals surface area contributed by atoms with E-state index in [1.807, 2.05) is 45.0 Å². The van der Waals surface area contributed by atoms with E-state index in [-0.39, 0.29) is 24.3 Å². The molecule has 9 nitrogen and oxygen atoms in total. The Morgan fingerprint density at radius 1 is 1.16 bits per heavy atom. The molecule has 0 radical (unpaired) electrons. The van der Waals surface area contributed by atoms with Crippen molar-refractivity contribution in [3.8, 4) is 11.5 Å². The molecule has 1 unspecified atom stereocenters. The minimum atomic E-state index is -0.467. The van der Waals surface area contributed by atoms with Crippen molar-refractivity contribution in [2.45, 2.75) is 46.1 Å². The van der Waals surface area contributed by atoms with Gasteiger partial charge in [0.1, 0.15) is 11.4 Å². The number of rotatable bonds is 7. The van der Waals surface area contributed by atoms with Crippen molar-refractivity contribution in [1.29, 1.82) is 0 Å². The van der Waals surface area contributed by atoms with Crippen LogP contribution >= 0.6 is 0 Å². The van der Waals surface area contributed by atoms with Gasteiger partial charge < -0.3 is 29.0 Å². The number of amides is 1. The molecule has 2 rings (SSSR count). The number of Topliss-reactive ketones (excluding diaryl/α,β-unsaturated/α-hetero) is 1. The van der Waals surface area contributed by atoms with Crippen LogP contribution in [-0.2, 0) is 19.1 Å². The number of carboxylic acid groups (broad SMARTS) is 1. The number of para-hydroxylation sites is 2. The van der Waals surface area contributed by atoms with Crippen LogP contribution in [0.25, 0.3) is 0 Å². The van der Waals surface area contributed by atoms with Crippen LogP contribution in [-0.4, -0.2) is 74.5 Å². The first-order chi connectivity index (χ1) is 15.1. The molecule has 1 fully saturated rings. The smallest absolute Gasteiger partial charge is 0.410 e. The largest absolute Gasteiger partial charge is 0.493 e. The van der Waals surface area contributed by atoms with Crippen molar-refractivity contribution in [1.82, 2.24) is 4.90 Å². The number of carbonyl (C=O) groups is 3. The van der Waals surface area contributed by atoms with E-state index >= 15 is 0 Å². The summed E-state index contributed by atoms with van der Waals surface area (Å²) >= 11 is 0. The maximum Gasteiger partial charge on any atom is 0.410 e. The Morgan fingerprint density at radius 2 is 1.75 bits per heavy atom. The lowest BCUT2D eigenvalue weighted by molar-refractivity contribution is -0.123. The number of hydrogen-bond donors (Lipinski definition) is 1. The summed E-state index contributed by atoms with van der Waals surface area (Å²) in [6, 6.07) is 7.62. The summed E-state index contributed by atoms with van der Waals surface area (Å²) in [7, 11) is 3.32. The third kappa shape index (κ3) is 12.8. The predicted octanol–water partition coefficient (Wildman–Crippen LogP) is 3.64. The average Bonchev–Trinajstić information content (AvgIpc) is 3.22. The van der Waals surface area contributed by atoms with E-state index in [9.17, 15) is 9.59 Å². The molecule has 1 aromatic rings. The molecule has 1 N–H and O–H groups in total. The summed E-state index contributed by atoms with van der Waals surface area (Å²) in [5, 5.41) is 6.89. The maximum absolute atomic E-state index is 11.6. The van der Waals surface area contributed by atoms with Gasteiger partial charge in [-0.15, -0.1) is 0 Å². The topological polar surface area (TPSA) is 112 Å². The minimum absolute atomic E-state index is 0.00230. The van der Waals surface area contributed by atoms with Crippen molar-refractivity contribution >= 4 is 18.3 Å². The number of likely N-dealkylation sites (tertiary alicyclic amines) is 1. The summed E-state index contributed by atoms with van der Waals surface area (Å²) in [4.78, 5) is 32.7. The fraction of sp³-hybridized carbons (Fsp3) is 0.609. The van der Waals surface area contributed by atoms with Crippen molar-refractivity contribution in [3.05, 3.63) is 24.3 Å². The molecular weight excluding hydrogens is 418 g/mol. The van der Waals surface area contributed by atoms with Crippen molar-refractivity contribution in [3.63, 3.8) is 0 Å². The first-order valence-electron chi connectivity index (χ1n) is 10.4. The third-order valence-electron chi connectivity index (χ3n) is 4.23. The zero-order chi connectivity index (χ0) is 24.6. The molecule has 9 heteroatoms. The van der Waals surface area contributed by atoms with Crippen LogP contribution < -0.4 is 9.47 Å². The molecule has 0 spiro atoms. The monoisotopic (exact) mass is 455 g/mol. The standard InChI is InChI=1S/C11H19NO3.C11H16O3.CH2O2/c1-8(13)9-5-6-12(7-9)10(14)15-11(2,3)4;1-12-8-5-9-14-11-7-4-3-6-10(11)13-2;2-1-3/h9H,5-7H2,1-4H3;3-4,6-7H,5,8-9H2,1-2H3;1H,(H,2,3). The molecule has 1 amide bonds. The summed E-state index contributed by atoms with van der Waals surface area (Å²) in [6.07, 6.45) is 1.33. The molecule has 1 saturated heterocycles. The predicted molar refractivity (Wildman–Crippen MR) is 120 cm³/mol. The van der Waals surface area contributed by atoms with Crippen LogP contribution in [0.15, 0.2) is 24.3 Å². The van der Waals surface area contributed by atoms with Gasteiger partial charge in [-0.25, -0.2) is 4.79 Å². The number of ether oxygens (including phenoxy) is 4. The molecule has 0 saturated carbocycles. The molecule has 1 heterocycles. The molecular formula is C23H37NO8. The van der Waals surface area contributed by atoms with E-state index in [1.54, 1.807) is 26.0 Å². The van der Waals surface area contributed by atoms with Crippen LogP contribution in [0.3, 0.4) is 0 Å². The number of benzene rings is 1. The molecule has 0 aromatic heterocycles. The van der Waals surface area contributed by atoms with E-state index in [2.05, 4.69) is 0 Å². The summed E-state index contributed by atoms with van der Waals surface area (Å²) < 4.78 is 20.8. The SMILES string of the molecule is CC(=O)C1CCN(C(=O)OC(C)(C)C)C1.COCCCOc1ccccc1OC.O=CO. The highest BCUT2D eigenvalue weighted by atomic mass is 16.6. The van der Waals surface area contributed by atoms with E-state index in [4.69, 9.17) is 28.8 Å². The Morgan fingerprint density at radius 3 is 2.22 bits per heavy atom. The number of nitrogens with zero attached hydrogens (tertiary/aromatic N) is 1. The van der Waals surface area contributed by atoms with Gasteiger partial charge in [-0.3, -0.25) is 9.59 Å². The summed E-state index contributed by atoms with van der Waals surface area (Å²) in [5.74, 6) is 1.70. The molecule has 1 aromatic carbocycles. The van der Waals surface area contributed by atoms with Crippen LogP contribution in [0.5, 0.6) is 11.5 Å². The summed E-state index contributed by atoms with van der Waals surface area (Å²) in [6.45, 7) is 9.33. The molecule has 1 atom stereocenters. The third-order valence-corrected chi connectivity index (χ3v) is 4.23. The van der Waals surface area contributed by atoms with E-state index in [0.29, 0.717) is 19.7 Å². The minimum Gasteiger partial charge on any atom is -0.493 e. The van der Waals surface area contributed by atoms with Crippen molar-refractivity contribution in [2.24, 2.45) is 5.92 Å². The summed E-state index contributed by atoms with van der Waals surface area (Å²) in [5.41, 5.74) is -0.467. The normalized spacial score (nSPS) is 14.8. The lowest BCUT2D eigenvalue weighted by Crippen LogP contribution is -2.35. The lowest BCUT2D eigenvalue weighted by atomic mass is 10.1. The van der Waals surface area contributed by atoms with Crippen LogP contribution in [0.4, 0.5) is 4.79 Å². The van der Waals surface area contributed by atoms with Gasteiger partial charge in [0.15, 0.2) is 11.5 Å². The Kier molecular flexibility index (Phi) is 14.5. The van der Waals surface area contributed by atoms with Crippen molar-refractivity contribution < 1.29 is 38.4 Å². The van der Waals surface area contributed by atoms with Gasteiger partial charge in [0.2, 0.25) is 0 Å². The Balaban J connectivity index is 0.000000536. The Bertz CT molecular complexity index is 687. The fourth-order valence-corrected chi connectivity index (χ4v) is 2.71. The lowest BCUT2D eigenvalue weighted by Gasteiger charge is -2.24. The molecule has 1 aliphatic heterocycles. The molecule has 0 bridgehead atoms. The zero-order valence-electron chi connectivity index (χ0n) is 20.0. The Labute approximate surface area is 190 Å². The maximum atomic E-state index is 11.6. The molecule has 0 aliphatic carbocycles. The van der Waals surface area contributed by atoms with Crippen LogP contribution in [0.1, 0.15) is 40.5 Å². The number of methoxy groups -OCH3 is 2. The second-order valence-corrected chi connectivity index (χ2v) is 7.97. The average molecular weight is 456 g/mol. The van der Waals surface area contributed by atoms with Gasteiger partial charge >= 0.3 is 6.09 Å². The second-order valence-electron chi connectivity index (χ2n) is 7.97. The van der Waals surface area contributed by atoms with Gasteiger partial charge in [0, 0.05) is 39.1 Å². The van der Waals surface area contributed by atoms with Gasteiger partial charge in [-0.05, 0) is 46.2 Å². The highest BCUT2D eigenvalue weighted by Crippen LogP contribution is 2.25. The second kappa shape index (κ2) is 15.9. The van der Waals surface area contributed by atoms with Gasteiger partial charge in [-0.2, -0.15) is 0 Å². The van der Waals surface area contributed by atoms with Gasteiger partial charge in [0.25, 0.3) is 6.47 Å². The van der Waals surface area contributed by atoms with E-state index in [0.717, 1.165) is 30.9 Å². The van der Waals surface area contributed by atoms with Gasteiger partial charge in [-0.1, -0.05) is 12.1 Å². The number of ketones is 1. The number of hydrogen-bond acceptors (Lipinski definition) is 7. The van der Waals surface area contributed by atoms with Crippen LogP contribution in [0, 0.1) is 5.92 Å². The first kappa shape index (κ1) is 29.2. The quantitative estimate of drug-likeness (QED) is 0.490.